The fraction of sp³-hybridized carbons (Fsp3) is 0.458. The zero-order chi connectivity index (χ0) is 24.1. The van der Waals surface area contributed by atoms with Gasteiger partial charge in [-0.3, -0.25) is 14.3 Å². The second kappa shape index (κ2) is 10.8. The zero-order valence-electron chi connectivity index (χ0n) is 19.5. The molecule has 3 aromatic rings. The molecule has 0 radical (unpaired) electrons. The first-order valence-corrected chi connectivity index (χ1v) is 12.4. The average molecular weight is 484 g/mol. The summed E-state index contributed by atoms with van der Waals surface area (Å²) in [4.78, 5) is 45.3. The Morgan fingerprint density at radius 2 is 1.97 bits per heavy atom. The van der Waals surface area contributed by atoms with Crippen LogP contribution in [-0.2, 0) is 35.5 Å². The van der Waals surface area contributed by atoms with Crippen molar-refractivity contribution in [2.45, 2.75) is 59.0 Å². The summed E-state index contributed by atoms with van der Waals surface area (Å²) < 4.78 is 8.04. The SMILES string of the molecule is CCOC(=O)c1nc(N(CCc2ccccc2)C(=O)Cn2nc3n(c2=O)CCCCC3)sc1C. The number of rotatable bonds is 8. The highest BCUT2D eigenvalue weighted by atomic mass is 32.1. The summed E-state index contributed by atoms with van der Waals surface area (Å²) in [5.74, 6) is -0.0664. The predicted molar refractivity (Wildman–Crippen MR) is 129 cm³/mol. The van der Waals surface area contributed by atoms with Crippen LogP contribution in [0.4, 0.5) is 5.13 Å². The van der Waals surface area contributed by atoms with Crippen molar-refractivity contribution in [1.82, 2.24) is 19.3 Å². The molecule has 0 saturated carbocycles. The van der Waals surface area contributed by atoms with Crippen molar-refractivity contribution in [2.24, 2.45) is 0 Å². The van der Waals surface area contributed by atoms with E-state index < -0.39 is 5.97 Å². The molecule has 1 aromatic carbocycles. The molecule has 4 rings (SSSR count). The summed E-state index contributed by atoms with van der Waals surface area (Å²) in [6.07, 6.45) is 4.34. The number of amides is 1. The van der Waals surface area contributed by atoms with Crippen molar-refractivity contribution in [3.8, 4) is 0 Å². The van der Waals surface area contributed by atoms with Crippen molar-refractivity contribution in [1.29, 1.82) is 0 Å². The molecule has 1 aliphatic heterocycles. The van der Waals surface area contributed by atoms with Crippen LogP contribution in [0.2, 0.25) is 0 Å². The van der Waals surface area contributed by atoms with Gasteiger partial charge in [0.05, 0.1) is 6.61 Å². The number of hydrogen-bond donors (Lipinski definition) is 0. The Balaban J connectivity index is 1.60. The lowest BCUT2D eigenvalue weighted by Gasteiger charge is -2.20. The molecule has 0 N–H and O–H groups in total. The maximum absolute atomic E-state index is 13.5. The van der Waals surface area contributed by atoms with E-state index >= 15 is 0 Å². The number of aromatic nitrogens is 4. The second-order valence-corrected chi connectivity index (χ2v) is 9.40. The lowest BCUT2D eigenvalue weighted by molar-refractivity contribution is -0.119. The van der Waals surface area contributed by atoms with E-state index in [1.54, 1.807) is 23.3 Å². The highest BCUT2D eigenvalue weighted by molar-refractivity contribution is 7.16. The summed E-state index contributed by atoms with van der Waals surface area (Å²) in [5, 5.41) is 4.86. The molecule has 0 atom stereocenters. The molecule has 0 bridgehead atoms. The third kappa shape index (κ3) is 5.27. The molecule has 1 amide bonds. The van der Waals surface area contributed by atoms with Gasteiger partial charge < -0.3 is 4.74 Å². The number of thiazole rings is 1. The fourth-order valence-corrected chi connectivity index (χ4v) is 4.98. The zero-order valence-corrected chi connectivity index (χ0v) is 20.3. The van der Waals surface area contributed by atoms with Gasteiger partial charge in [0, 0.05) is 24.4 Å². The average Bonchev–Trinajstić information content (AvgIpc) is 3.24. The molecular weight excluding hydrogens is 454 g/mol. The summed E-state index contributed by atoms with van der Waals surface area (Å²) in [6, 6.07) is 9.84. The minimum absolute atomic E-state index is 0.180. The van der Waals surface area contributed by atoms with E-state index in [-0.39, 0.29) is 30.4 Å². The second-order valence-electron chi connectivity index (χ2n) is 8.22. The molecule has 10 heteroatoms. The number of fused-ring (bicyclic) bond motifs is 1. The van der Waals surface area contributed by atoms with Crippen LogP contribution in [0, 0.1) is 6.92 Å². The lowest BCUT2D eigenvalue weighted by Crippen LogP contribution is -2.38. The maximum Gasteiger partial charge on any atom is 0.358 e. The predicted octanol–water partition coefficient (Wildman–Crippen LogP) is 2.99. The van der Waals surface area contributed by atoms with E-state index in [0.29, 0.717) is 29.5 Å². The van der Waals surface area contributed by atoms with Crippen LogP contribution in [0.15, 0.2) is 35.1 Å². The Hall–Kier alpha value is -3.27. The van der Waals surface area contributed by atoms with Gasteiger partial charge in [0.15, 0.2) is 10.8 Å². The van der Waals surface area contributed by atoms with Gasteiger partial charge in [-0.2, -0.15) is 5.10 Å². The number of nitrogens with zero attached hydrogens (tertiary/aromatic N) is 5. The minimum Gasteiger partial charge on any atom is -0.461 e. The molecule has 2 aromatic heterocycles. The normalized spacial score (nSPS) is 13.2. The van der Waals surface area contributed by atoms with Gasteiger partial charge in [0.25, 0.3) is 5.91 Å². The molecule has 0 spiro atoms. The van der Waals surface area contributed by atoms with Crippen molar-refractivity contribution in [2.75, 3.05) is 18.1 Å². The van der Waals surface area contributed by atoms with Crippen LogP contribution in [0.1, 0.15) is 52.9 Å². The van der Waals surface area contributed by atoms with Crippen LogP contribution in [0.3, 0.4) is 0 Å². The highest BCUT2D eigenvalue weighted by Gasteiger charge is 2.26. The fourth-order valence-electron chi connectivity index (χ4n) is 4.04. The first-order chi connectivity index (χ1) is 16.5. The standard InChI is InChI=1S/C24H29N5O4S/c1-3-33-22(31)21-17(2)34-23(25-21)28(15-13-18-10-6-4-7-11-18)20(30)16-29-24(32)27-14-9-5-8-12-19(27)26-29/h4,6-7,10-11H,3,5,8-9,12-16H2,1-2H3. The molecule has 0 aliphatic carbocycles. The number of carbonyl (C=O) groups excluding carboxylic acids is 2. The number of benzene rings is 1. The van der Waals surface area contributed by atoms with E-state index in [1.807, 2.05) is 30.3 Å². The van der Waals surface area contributed by atoms with Gasteiger partial charge in [-0.05, 0) is 38.7 Å². The van der Waals surface area contributed by atoms with Crippen LogP contribution < -0.4 is 10.6 Å². The smallest absolute Gasteiger partial charge is 0.358 e. The van der Waals surface area contributed by atoms with Crippen molar-refractivity contribution in [3.63, 3.8) is 0 Å². The Kier molecular flexibility index (Phi) is 7.56. The van der Waals surface area contributed by atoms with Gasteiger partial charge >= 0.3 is 11.7 Å². The molecule has 1 aliphatic rings. The topological polar surface area (TPSA) is 99.3 Å². The van der Waals surface area contributed by atoms with Gasteiger partial charge in [-0.1, -0.05) is 36.8 Å². The number of aryl methyl sites for hydroxylation is 2. The Morgan fingerprint density at radius 3 is 2.74 bits per heavy atom. The number of ether oxygens (including phenoxy) is 1. The van der Waals surface area contributed by atoms with Crippen molar-refractivity contribution >= 4 is 28.3 Å². The van der Waals surface area contributed by atoms with Gasteiger partial charge in [0.2, 0.25) is 0 Å². The van der Waals surface area contributed by atoms with Crippen LogP contribution in [0.25, 0.3) is 0 Å². The molecular formula is C24H29N5O4S. The van der Waals surface area contributed by atoms with E-state index in [9.17, 15) is 14.4 Å². The van der Waals surface area contributed by atoms with E-state index in [0.717, 1.165) is 37.1 Å². The number of anilines is 1. The monoisotopic (exact) mass is 483 g/mol. The first-order valence-electron chi connectivity index (χ1n) is 11.6. The number of hydrogen-bond acceptors (Lipinski definition) is 7. The number of esters is 1. The Morgan fingerprint density at radius 1 is 1.18 bits per heavy atom. The van der Waals surface area contributed by atoms with E-state index in [2.05, 4.69) is 10.1 Å². The Bertz CT molecular complexity index is 1210. The van der Waals surface area contributed by atoms with Crippen LogP contribution in [-0.4, -0.2) is 44.4 Å². The molecule has 0 saturated heterocycles. The van der Waals surface area contributed by atoms with Crippen molar-refractivity contribution < 1.29 is 14.3 Å². The highest BCUT2D eigenvalue weighted by Crippen LogP contribution is 2.27. The summed E-state index contributed by atoms with van der Waals surface area (Å²) in [5.41, 5.74) is 1.03. The minimum atomic E-state index is -0.507. The molecule has 9 nitrogen and oxygen atoms in total. The molecule has 3 heterocycles. The largest absolute Gasteiger partial charge is 0.461 e. The molecule has 180 valence electrons. The Labute approximate surface area is 202 Å². The molecule has 0 unspecified atom stereocenters. The quantitative estimate of drug-likeness (QED) is 0.457. The summed E-state index contributed by atoms with van der Waals surface area (Å²) in [6.45, 7) is 4.58. The van der Waals surface area contributed by atoms with Gasteiger partial charge in [-0.15, -0.1) is 11.3 Å². The van der Waals surface area contributed by atoms with E-state index in [1.165, 1.54) is 16.0 Å². The third-order valence-electron chi connectivity index (χ3n) is 5.82. The lowest BCUT2D eigenvalue weighted by atomic mass is 10.1. The third-order valence-corrected chi connectivity index (χ3v) is 6.81. The van der Waals surface area contributed by atoms with Gasteiger partial charge in [-0.25, -0.2) is 19.3 Å². The molecule has 34 heavy (non-hydrogen) atoms. The van der Waals surface area contributed by atoms with Crippen molar-refractivity contribution in [3.05, 3.63) is 62.8 Å². The summed E-state index contributed by atoms with van der Waals surface area (Å²) in [7, 11) is 0. The van der Waals surface area contributed by atoms with Gasteiger partial charge in [0.1, 0.15) is 12.4 Å². The van der Waals surface area contributed by atoms with Crippen LogP contribution in [0.5, 0.6) is 0 Å². The molecule has 0 fully saturated rings. The maximum atomic E-state index is 13.5. The summed E-state index contributed by atoms with van der Waals surface area (Å²) >= 11 is 1.27. The number of carbonyl (C=O) groups is 2. The van der Waals surface area contributed by atoms with Crippen LogP contribution >= 0.6 is 11.3 Å². The first kappa shape index (κ1) is 23.9. The van der Waals surface area contributed by atoms with E-state index in [4.69, 9.17) is 4.74 Å².